The predicted molar refractivity (Wildman–Crippen MR) is 114 cm³/mol. The second-order valence-electron chi connectivity index (χ2n) is 7.01. The third kappa shape index (κ3) is 12.6. The number of nitrogens with one attached hydrogen (secondary N) is 2. The van der Waals surface area contributed by atoms with Crippen molar-refractivity contribution in [2.24, 2.45) is 17.4 Å². The number of carboxylic acids is 1. The molecule has 0 unspecified atom stereocenters. The highest BCUT2D eigenvalue weighted by Gasteiger charge is 2.31. The third-order valence-corrected chi connectivity index (χ3v) is 4.66. The van der Waals surface area contributed by atoms with Crippen LogP contribution in [0.5, 0.6) is 0 Å². The van der Waals surface area contributed by atoms with Crippen LogP contribution < -0.4 is 21.5 Å². The lowest BCUT2D eigenvalue weighted by molar-refractivity contribution is -0.159. The van der Waals surface area contributed by atoms with Crippen LogP contribution >= 0.6 is 22.6 Å². The lowest BCUT2D eigenvalue weighted by Gasteiger charge is -2.24. The van der Waals surface area contributed by atoms with E-state index in [1.165, 1.54) is 0 Å². The molecule has 168 valence electrons. The molecule has 7 N–H and O–H groups in total. The number of carbonyl (C=O) groups excluding carboxylic acids is 3. The van der Waals surface area contributed by atoms with E-state index in [-0.39, 0.29) is 25.2 Å². The summed E-state index contributed by atoms with van der Waals surface area (Å²) in [5, 5.41) is 11.6. The van der Waals surface area contributed by atoms with Crippen molar-refractivity contribution in [2.75, 3.05) is 6.54 Å². The molecule has 3 atom stereocenters. The molecule has 0 aliphatic rings. The van der Waals surface area contributed by atoms with E-state index in [9.17, 15) is 24.3 Å². The summed E-state index contributed by atoms with van der Waals surface area (Å²) in [6.07, 6.45) is 0.572. The molecule has 0 aliphatic heterocycles. The quantitative estimate of drug-likeness (QED) is 0.0635. The second-order valence-corrected chi connectivity index (χ2v) is 7.97. The summed E-state index contributed by atoms with van der Waals surface area (Å²) in [6, 6.07) is -1.99. The number of carbonyl (C=O) groups is 4. The summed E-state index contributed by atoms with van der Waals surface area (Å²) in [5.41, 5.74) is 10.5. The average molecular weight is 453 g/mol. The van der Waals surface area contributed by atoms with E-state index in [1.807, 2.05) is 13.8 Å². The molecule has 0 fully saturated rings. The highest BCUT2D eigenvalue weighted by atomic mass is 33.1. The van der Waals surface area contributed by atoms with Gasteiger partial charge in [-0.05, 0) is 49.1 Å². The smallest absolute Gasteiger partial charge is 0.326 e. The van der Waals surface area contributed by atoms with Gasteiger partial charge in [0.1, 0.15) is 12.1 Å². The Kier molecular flexibility index (Phi) is 14.6. The molecule has 0 aromatic rings. The summed E-state index contributed by atoms with van der Waals surface area (Å²) in [5.74, 6) is -3.33. The number of unbranched alkanes of at least 4 members (excludes halogenated alkanes) is 1. The van der Waals surface area contributed by atoms with Crippen molar-refractivity contribution in [2.45, 2.75) is 70.6 Å². The van der Waals surface area contributed by atoms with Crippen LogP contribution in [0.2, 0.25) is 0 Å². The minimum atomic E-state index is -1.31. The van der Waals surface area contributed by atoms with Gasteiger partial charge in [0.15, 0.2) is 6.10 Å². The Balaban J connectivity index is 5.14. The van der Waals surface area contributed by atoms with E-state index in [0.29, 0.717) is 19.4 Å². The summed E-state index contributed by atoms with van der Waals surface area (Å²) in [6.45, 7) is 4.18. The van der Waals surface area contributed by atoms with E-state index in [4.69, 9.17) is 16.2 Å². The van der Waals surface area contributed by atoms with Gasteiger partial charge < -0.3 is 26.6 Å². The molecule has 2 amide bonds. The fraction of sp³-hybridized carbons (Fsp3) is 0.765. The number of ether oxygens (including phenoxy) is 1. The third-order valence-electron chi connectivity index (χ3n) is 3.96. The highest BCUT2D eigenvalue weighted by molar-refractivity contribution is 8.67. The van der Waals surface area contributed by atoms with Gasteiger partial charge in [0, 0.05) is 6.42 Å². The Morgan fingerprint density at radius 2 is 1.79 bits per heavy atom. The predicted octanol–water partition coefficient (Wildman–Crippen LogP) is 0.359. The van der Waals surface area contributed by atoms with Crippen LogP contribution in [0, 0.1) is 5.92 Å². The molecule has 0 bridgehead atoms. The zero-order chi connectivity index (χ0) is 22.4. The molecule has 0 aliphatic carbocycles. The maximum absolute atomic E-state index is 12.6. The molecule has 0 rings (SSSR count). The number of amides is 2. The average Bonchev–Trinajstić information content (AvgIpc) is 2.62. The van der Waals surface area contributed by atoms with Gasteiger partial charge in [0.05, 0.1) is 0 Å². The van der Waals surface area contributed by atoms with Crippen LogP contribution in [0.3, 0.4) is 0 Å². The minimum Gasteiger partial charge on any atom is -0.480 e. The molecule has 0 aromatic heterocycles. The highest BCUT2D eigenvalue weighted by Crippen LogP contribution is 2.14. The summed E-state index contributed by atoms with van der Waals surface area (Å²) >= 11 is 3.98. The maximum atomic E-state index is 12.6. The Bertz CT molecular complexity index is 550. The lowest BCUT2D eigenvalue weighted by atomic mass is 10.0. The topological polar surface area (TPSA) is 174 Å². The van der Waals surface area contributed by atoms with Crippen LogP contribution in [-0.2, 0) is 23.9 Å². The lowest BCUT2D eigenvalue weighted by Crippen LogP contribution is -2.48. The van der Waals surface area contributed by atoms with Crippen LogP contribution in [0.25, 0.3) is 0 Å². The number of hydrogen-bond acceptors (Lipinski definition) is 9. The zero-order valence-electron chi connectivity index (χ0n) is 16.8. The zero-order valence-corrected chi connectivity index (χ0v) is 18.5. The van der Waals surface area contributed by atoms with Crippen molar-refractivity contribution in [3.63, 3.8) is 0 Å². The van der Waals surface area contributed by atoms with Crippen molar-refractivity contribution < 1.29 is 29.0 Å². The van der Waals surface area contributed by atoms with Crippen molar-refractivity contribution in [3.8, 4) is 0 Å². The van der Waals surface area contributed by atoms with Gasteiger partial charge in [0.25, 0.3) is 5.91 Å². The van der Waals surface area contributed by atoms with Gasteiger partial charge in [-0.1, -0.05) is 31.9 Å². The van der Waals surface area contributed by atoms with Gasteiger partial charge in [-0.25, -0.2) is 9.52 Å². The van der Waals surface area contributed by atoms with E-state index in [2.05, 4.69) is 21.7 Å². The molecule has 0 aromatic carbocycles. The second kappa shape index (κ2) is 15.4. The number of hydrogen-bond donors (Lipinski definition) is 6. The molecular weight excluding hydrogens is 420 g/mol. The van der Waals surface area contributed by atoms with Crippen molar-refractivity contribution in [1.29, 1.82) is 0 Å². The number of thiol groups is 1. The first-order valence-corrected chi connectivity index (χ1v) is 11.3. The molecule has 29 heavy (non-hydrogen) atoms. The van der Waals surface area contributed by atoms with Crippen LogP contribution in [0.15, 0.2) is 0 Å². The standard InChI is InChI=1S/C17H32N4O6S2/c1-10(2)9-13(15(23)20-11(16(24)25)6-7-14(19)22)27-17(26)12(21-29-28)5-3-4-8-18/h10-13,21,28H,3-9,18H2,1-2H3,(H2,19,22)(H,20,23)(H,24,25)/t11-,12-,13-/m0/s1. The maximum Gasteiger partial charge on any atom is 0.326 e. The summed E-state index contributed by atoms with van der Waals surface area (Å²) in [4.78, 5) is 47.4. The number of carboxylic acid groups (broad SMARTS) is 1. The molecule has 0 heterocycles. The monoisotopic (exact) mass is 452 g/mol. The fourth-order valence-electron chi connectivity index (χ4n) is 2.45. The Hall–Kier alpha value is -1.50. The fourth-order valence-corrected chi connectivity index (χ4v) is 3.17. The van der Waals surface area contributed by atoms with Crippen molar-refractivity contribution in [3.05, 3.63) is 0 Å². The van der Waals surface area contributed by atoms with E-state index < -0.39 is 41.9 Å². The first kappa shape index (κ1) is 27.5. The Morgan fingerprint density at radius 3 is 2.28 bits per heavy atom. The largest absolute Gasteiger partial charge is 0.480 e. The SMILES string of the molecule is CC(C)C[C@H](OC(=O)[C@H](CCCCN)NSS)C(=O)N[C@@H](CCC(N)=O)C(=O)O. The van der Waals surface area contributed by atoms with Gasteiger partial charge >= 0.3 is 11.9 Å². The van der Waals surface area contributed by atoms with Gasteiger partial charge in [0.2, 0.25) is 5.91 Å². The van der Waals surface area contributed by atoms with E-state index >= 15 is 0 Å². The molecule has 12 heteroatoms. The first-order valence-electron chi connectivity index (χ1n) is 9.40. The Labute approximate surface area is 180 Å². The normalized spacial score (nSPS) is 14.1. The number of aliphatic carboxylic acids is 1. The Morgan fingerprint density at radius 1 is 1.14 bits per heavy atom. The number of nitrogens with two attached hydrogens (primary N) is 2. The number of rotatable bonds is 16. The van der Waals surface area contributed by atoms with Crippen LogP contribution in [-0.4, -0.2) is 53.6 Å². The van der Waals surface area contributed by atoms with Crippen LogP contribution in [0.4, 0.5) is 0 Å². The van der Waals surface area contributed by atoms with E-state index in [0.717, 1.165) is 17.4 Å². The molecule has 10 nitrogen and oxygen atoms in total. The molecule has 0 saturated carbocycles. The van der Waals surface area contributed by atoms with Gasteiger partial charge in [-0.3, -0.25) is 14.4 Å². The minimum absolute atomic E-state index is 0.00958. The van der Waals surface area contributed by atoms with Crippen LogP contribution in [0.1, 0.15) is 52.4 Å². The first-order chi connectivity index (χ1) is 13.6. The van der Waals surface area contributed by atoms with E-state index in [1.54, 1.807) is 0 Å². The number of esters is 1. The van der Waals surface area contributed by atoms with Crippen molar-refractivity contribution >= 4 is 46.4 Å². The molecule has 0 radical (unpaired) electrons. The summed E-state index contributed by atoms with van der Waals surface area (Å²) in [7, 11) is 0.960. The molecule has 0 spiro atoms. The molecule has 0 saturated heterocycles. The van der Waals surface area contributed by atoms with Gasteiger partial charge in [-0.15, -0.1) is 0 Å². The van der Waals surface area contributed by atoms with Gasteiger partial charge in [-0.2, -0.15) is 0 Å². The van der Waals surface area contributed by atoms with Crippen molar-refractivity contribution in [1.82, 2.24) is 10.0 Å². The molecular formula is C17H32N4O6S2. The summed E-state index contributed by atoms with van der Waals surface area (Å²) < 4.78 is 8.22. The number of primary amides is 1.